The Morgan fingerprint density at radius 1 is 1.17 bits per heavy atom. The van der Waals surface area contributed by atoms with Crippen LogP contribution in [-0.2, 0) is 4.79 Å². The maximum absolute atomic E-state index is 11.4. The van der Waals surface area contributed by atoms with Crippen molar-refractivity contribution in [2.24, 2.45) is 0 Å². The van der Waals surface area contributed by atoms with Crippen LogP contribution in [0.3, 0.4) is 0 Å². The lowest BCUT2D eigenvalue weighted by Gasteiger charge is -2.11. The van der Waals surface area contributed by atoms with Crippen molar-refractivity contribution in [2.75, 3.05) is 20.7 Å². The third-order valence-electron chi connectivity index (χ3n) is 2.63. The lowest BCUT2D eigenvalue weighted by molar-refractivity contribution is -0.130. The molecule has 18 heavy (non-hydrogen) atoms. The van der Waals surface area contributed by atoms with Crippen LogP contribution in [-0.4, -0.2) is 31.5 Å². The van der Waals surface area contributed by atoms with Gasteiger partial charge in [-0.15, -0.1) is 0 Å². The number of benzene rings is 2. The van der Waals surface area contributed by atoms with Gasteiger partial charge in [0.15, 0.2) is 6.61 Å². The van der Waals surface area contributed by atoms with Crippen LogP contribution in [0.2, 0.25) is 0 Å². The average molecular weight is 308 g/mol. The number of likely N-dealkylation sites (N-methyl/N-ethyl adjacent to an activating group) is 1. The number of hydrogen-bond donors (Lipinski definition) is 0. The van der Waals surface area contributed by atoms with Gasteiger partial charge in [-0.1, -0.05) is 28.1 Å². The third kappa shape index (κ3) is 3.01. The molecule has 0 bridgehead atoms. The van der Waals surface area contributed by atoms with E-state index < -0.39 is 0 Å². The number of carbonyl (C=O) groups is 1. The van der Waals surface area contributed by atoms with Gasteiger partial charge in [0, 0.05) is 18.6 Å². The van der Waals surface area contributed by atoms with Gasteiger partial charge in [0.2, 0.25) is 0 Å². The molecule has 0 aromatic heterocycles. The maximum atomic E-state index is 11.4. The second-order valence-electron chi connectivity index (χ2n) is 4.23. The smallest absolute Gasteiger partial charge is 0.259 e. The Morgan fingerprint density at radius 2 is 1.89 bits per heavy atom. The molecular weight excluding hydrogens is 294 g/mol. The molecule has 0 heterocycles. The van der Waals surface area contributed by atoms with E-state index in [1.165, 1.54) is 4.90 Å². The molecule has 0 saturated heterocycles. The normalized spacial score (nSPS) is 10.4. The van der Waals surface area contributed by atoms with Gasteiger partial charge in [-0.3, -0.25) is 4.79 Å². The molecular formula is C14H14BrNO2. The van der Waals surface area contributed by atoms with Crippen LogP contribution >= 0.6 is 15.9 Å². The second kappa shape index (κ2) is 5.40. The highest BCUT2D eigenvalue weighted by Crippen LogP contribution is 2.24. The molecule has 0 N–H and O–H groups in total. The molecule has 0 fully saturated rings. The monoisotopic (exact) mass is 307 g/mol. The minimum atomic E-state index is -0.0515. The molecule has 4 heteroatoms. The van der Waals surface area contributed by atoms with E-state index in [9.17, 15) is 4.79 Å². The van der Waals surface area contributed by atoms with Crippen LogP contribution in [0.4, 0.5) is 0 Å². The predicted molar refractivity (Wildman–Crippen MR) is 75.8 cm³/mol. The van der Waals surface area contributed by atoms with E-state index in [-0.39, 0.29) is 12.5 Å². The topological polar surface area (TPSA) is 29.5 Å². The highest BCUT2D eigenvalue weighted by Gasteiger charge is 2.05. The zero-order chi connectivity index (χ0) is 13.1. The van der Waals surface area contributed by atoms with Gasteiger partial charge in [-0.2, -0.15) is 0 Å². The minimum Gasteiger partial charge on any atom is -0.484 e. The first-order valence-corrected chi connectivity index (χ1v) is 6.38. The molecule has 0 aliphatic carbocycles. The van der Waals surface area contributed by atoms with Crippen molar-refractivity contribution in [3.63, 3.8) is 0 Å². The molecule has 0 aliphatic rings. The lowest BCUT2D eigenvalue weighted by atomic mass is 10.1. The van der Waals surface area contributed by atoms with E-state index in [0.717, 1.165) is 15.2 Å². The standard InChI is InChI=1S/C14H14BrNO2/c1-16(2)14(17)9-18-13-6-4-10-3-5-12(15)7-11(10)8-13/h3-8H,9H2,1-2H3. The summed E-state index contributed by atoms with van der Waals surface area (Å²) < 4.78 is 6.50. The summed E-state index contributed by atoms with van der Waals surface area (Å²) in [6.07, 6.45) is 0. The molecule has 2 aromatic carbocycles. The molecule has 0 radical (unpaired) electrons. The summed E-state index contributed by atoms with van der Waals surface area (Å²) in [7, 11) is 3.42. The Labute approximate surface area is 114 Å². The Bertz CT molecular complexity index is 581. The molecule has 0 aliphatic heterocycles. The number of rotatable bonds is 3. The zero-order valence-corrected chi connectivity index (χ0v) is 11.9. The molecule has 3 nitrogen and oxygen atoms in total. The van der Waals surface area contributed by atoms with E-state index >= 15 is 0 Å². The molecule has 1 amide bonds. The molecule has 0 spiro atoms. The fourth-order valence-electron chi connectivity index (χ4n) is 1.56. The van der Waals surface area contributed by atoms with Gasteiger partial charge in [-0.05, 0) is 35.0 Å². The number of nitrogens with zero attached hydrogens (tertiary/aromatic N) is 1. The summed E-state index contributed by atoms with van der Waals surface area (Å²) in [5.41, 5.74) is 0. The van der Waals surface area contributed by atoms with E-state index in [4.69, 9.17) is 4.74 Å². The van der Waals surface area contributed by atoms with E-state index in [2.05, 4.69) is 15.9 Å². The first kappa shape index (κ1) is 12.9. The quantitative estimate of drug-likeness (QED) is 0.872. The Kier molecular flexibility index (Phi) is 3.87. The Hall–Kier alpha value is -1.55. The van der Waals surface area contributed by atoms with Crippen LogP contribution in [0.1, 0.15) is 0 Å². The van der Waals surface area contributed by atoms with Crippen molar-refractivity contribution in [3.05, 3.63) is 40.9 Å². The minimum absolute atomic E-state index is 0.0515. The largest absolute Gasteiger partial charge is 0.484 e. The van der Waals surface area contributed by atoms with E-state index in [0.29, 0.717) is 5.75 Å². The summed E-state index contributed by atoms with van der Waals surface area (Å²) in [6.45, 7) is 0.0620. The zero-order valence-electron chi connectivity index (χ0n) is 10.3. The average Bonchev–Trinajstić information content (AvgIpc) is 2.35. The van der Waals surface area contributed by atoms with Crippen LogP contribution in [0.5, 0.6) is 5.75 Å². The van der Waals surface area contributed by atoms with Crippen LogP contribution < -0.4 is 4.74 Å². The van der Waals surface area contributed by atoms with Crippen LogP contribution in [0.15, 0.2) is 40.9 Å². The molecule has 2 aromatic rings. The number of amides is 1. The number of carbonyl (C=O) groups excluding carboxylic acids is 1. The molecule has 0 unspecified atom stereocenters. The van der Waals surface area contributed by atoms with Gasteiger partial charge in [0.05, 0.1) is 0 Å². The van der Waals surface area contributed by atoms with Crippen molar-refractivity contribution in [2.45, 2.75) is 0 Å². The highest BCUT2D eigenvalue weighted by molar-refractivity contribution is 9.10. The fourth-order valence-corrected chi connectivity index (χ4v) is 1.94. The Morgan fingerprint density at radius 3 is 2.61 bits per heavy atom. The number of fused-ring (bicyclic) bond motifs is 1. The summed E-state index contributed by atoms with van der Waals surface area (Å²) in [5, 5.41) is 2.23. The molecule has 0 saturated carbocycles. The first-order valence-electron chi connectivity index (χ1n) is 5.58. The fraction of sp³-hybridized carbons (Fsp3) is 0.214. The van der Waals surface area contributed by atoms with Crippen molar-refractivity contribution in [1.82, 2.24) is 4.90 Å². The van der Waals surface area contributed by atoms with Gasteiger partial charge in [-0.25, -0.2) is 0 Å². The van der Waals surface area contributed by atoms with Gasteiger partial charge < -0.3 is 9.64 Å². The van der Waals surface area contributed by atoms with Crippen molar-refractivity contribution < 1.29 is 9.53 Å². The van der Waals surface area contributed by atoms with Crippen molar-refractivity contribution in [3.8, 4) is 5.75 Å². The Balaban J connectivity index is 2.17. The first-order chi connectivity index (χ1) is 8.56. The van der Waals surface area contributed by atoms with Gasteiger partial charge >= 0.3 is 0 Å². The molecule has 94 valence electrons. The van der Waals surface area contributed by atoms with Gasteiger partial charge in [0.1, 0.15) is 5.75 Å². The second-order valence-corrected chi connectivity index (χ2v) is 5.15. The van der Waals surface area contributed by atoms with Crippen molar-refractivity contribution >= 4 is 32.6 Å². The van der Waals surface area contributed by atoms with Crippen LogP contribution in [0, 0.1) is 0 Å². The number of hydrogen-bond acceptors (Lipinski definition) is 2. The number of ether oxygens (including phenoxy) is 1. The SMILES string of the molecule is CN(C)C(=O)COc1ccc2ccc(Br)cc2c1. The predicted octanol–water partition coefficient (Wildman–Crippen LogP) is 3.07. The van der Waals surface area contributed by atoms with Gasteiger partial charge in [0.25, 0.3) is 5.91 Å². The van der Waals surface area contributed by atoms with Crippen LogP contribution in [0.25, 0.3) is 10.8 Å². The molecule has 2 rings (SSSR count). The third-order valence-corrected chi connectivity index (χ3v) is 3.13. The van der Waals surface area contributed by atoms with E-state index in [1.807, 2.05) is 36.4 Å². The summed E-state index contributed by atoms with van der Waals surface area (Å²) >= 11 is 3.44. The number of halogens is 1. The summed E-state index contributed by atoms with van der Waals surface area (Å²) in [6, 6.07) is 11.8. The van der Waals surface area contributed by atoms with Crippen molar-refractivity contribution in [1.29, 1.82) is 0 Å². The maximum Gasteiger partial charge on any atom is 0.259 e. The highest BCUT2D eigenvalue weighted by atomic mass is 79.9. The lowest BCUT2D eigenvalue weighted by Crippen LogP contribution is -2.27. The summed E-state index contributed by atoms with van der Waals surface area (Å²) in [5.74, 6) is 0.653. The van der Waals surface area contributed by atoms with E-state index in [1.54, 1.807) is 14.1 Å². The summed E-state index contributed by atoms with van der Waals surface area (Å²) in [4.78, 5) is 12.9. The molecule has 0 atom stereocenters.